The van der Waals surface area contributed by atoms with Gasteiger partial charge in [-0.15, -0.1) is 11.6 Å². The molecule has 0 aliphatic rings. The van der Waals surface area contributed by atoms with Gasteiger partial charge in [-0.3, -0.25) is 4.79 Å². The third kappa shape index (κ3) is 4.54. The summed E-state index contributed by atoms with van der Waals surface area (Å²) in [7, 11) is 1.57. The van der Waals surface area contributed by atoms with Gasteiger partial charge in [-0.1, -0.05) is 11.6 Å². The summed E-state index contributed by atoms with van der Waals surface area (Å²) in [5, 5.41) is 3.14. The minimum Gasteiger partial charge on any atom is -0.383 e. The molecule has 0 bridgehead atoms. The molecule has 0 aliphatic heterocycles. The van der Waals surface area contributed by atoms with Crippen LogP contribution in [0.1, 0.15) is 15.9 Å². The van der Waals surface area contributed by atoms with Gasteiger partial charge < -0.3 is 10.1 Å². The van der Waals surface area contributed by atoms with Crippen LogP contribution < -0.4 is 5.32 Å². The average molecular weight is 276 g/mol. The minimum atomic E-state index is -0.225. The van der Waals surface area contributed by atoms with Crippen LogP contribution in [0.4, 0.5) is 0 Å². The van der Waals surface area contributed by atoms with Gasteiger partial charge in [0, 0.05) is 24.2 Å². The number of nitrogens with one attached hydrogen (secondary N) is 1. The normalized spacial score (nSPS) is 12.2. The lowest BCUT2D eigenvalue weighted by Crippen LogP contribution is -2.32. The molecule has 0 spiro atoms. The van der Waals surface area contributed by atoms with E-state index >= 15 is 0 Å². The Bertz CT molecular complexity index is 396. The van der Waals surface area contributed by atoms with E-state index in [9.17, 15) is 4.79 Å². The second-order valence-electron chi connectivity index (χ2n) is 3.72. The van der Waals surface area contributed by atoms with E-state index in [-0.39, 0.29) is 11.3 Å². The summed E-state index contributed by atoms with van der Waals surface area (Å²) >= 11 is 11.7. The summed E-state index contributed by atoms with van der Waals surface area (Å²) in [5.74, 6) is -0.152. The lowest BCUT2D eigenvalue weighted by Gasteiger charge is -2.11. The van der Waals surface area contributed by atoms with Crippen LogP contribution in [0.5, 0.6) is 0 Å². The Labute approximate surface area is 111 Å². The molecule has 3 nitrogen and oxygen atoms in total. The van der Waals surface area contributed by atoms with Crippen molar-refractivity contribution in [1.29, 1.82) is 0 Å². The summed E-state index contributed by atoms with van der Waals surface area (Å²) in [4.78, 5) is 11.8. The van der Waals surface area contributed by atoms with E-state index in [4.69, 9.17) is 27.9 Å². The Morgan fingerprint density at radius 1 is 1.53 bits per heavy atom. The van der Waals surface area contributed by atoms with Gasteiger partial charge in [0.15, 0.2) is 0 Å². The highest BCUT2D eigenvalue weighted by atomic mass is 35.5. The van der Waals surface area contributed by atoms with Crippen molar-refractivity contribution in [2.24, 2.45) is 0 Å². The van der Waals surface area contributed by atoms with E-state index in [0.29, 0.717) is 23.7 Å². The van der Waals surface area contributed by atoms with Gasteiger partial charge in [-0.2, -0.15) is 0 Å². The number of methoxy groups -OCH3 is 1. The Kier molecular flexibility index (Phi) is 5.75. The molecule has 0 aromatic heterocycles. The number of aryl methyl sites for hydroxylation is 1. The minimum absolute atomic E-state index is 0.152. The molecule has 0 heterocycles. The van der Waals surface area contributed by atoms with Crippen LogP contribution in [0.3, 0.4) is 0 Å². The Morgan fingerprint density at radius 3 is 2.82 bits per heavy atom. The first kappa shape index (κ1) is 14.3. The highest BCUT2D eigenvalue weighted by Gasteiger charge is 2.11. The van der Waals surface area contributed by atoms with Gasteiger partial charge in [-0.05, 0) is 30.7 Å². The van der Waals surface area contributed by atoms with Crippen molar-refractivity contribution in [3.8, 4) is 0 Å². The number of hydrogen-bond donors (Lipinski definition) is 1. The molecule has 0 saturated heterocycles. The number of carbonyl (C=O) groups is 1. The molecule has 5 heteroatoms. The molecule has 0 radical (unpaired) electrons. The molecule has 1 unspecified atom stereocenters. The SMILES string of the molecule is COCC(Cl)CNC(=O)c1ccc(Cl)cc1C. The molecule has 94 valence electrons. The van der Waals surface area contributed by atoms with Crippen molar-refractivity contribution in [3.05, 3.63) is 34.3 Å². The van der Waals surface area contributed by atoms with Crippen molar-refractivity contribution < 1.29 is 9.53 Å². The molecular weight excluding hydrogens is 261 g/mol. The first-order chi connectivity index (χ1) is 8.04. The van der Waals surface area contributed by atoms with Crippen molar-refractivity contribution in [1.82, 2.24) is 5.32 Å². The van der Waals surface area contributed by atoms with E-state index in [2.05, 4.69) is 5.32 Å². The number of carbonyl (C=O) groups excluding carboxylic acids is 1. The Hall–Kier alpha value is -0.770. The van der Waals surface area contributed by atoms with Crippen LogP contribution in [0.25, 0.3) is 0 Å². The number of benzene rings is 1. The number of halogens is 2. The van der Waals surface area contributed by atoms with Crippen molar-refractivity contribution in [2.75, 3.05) is 20.3 Å². The van der Waals surface area contributed by atoms with Crippen LogP contribution in [0.2, 0.25) is 5.02 Å². The zero-order valence-electron chi connectivity index (χ0n) is 9.80. The van der Waals surface area contributed by atoms with Crippen molar-refractivity contribution >= 4 is 29.1 Å². The molecule has 1 aromatic carbocycles. The molecule has 1 N–H and O–H groups in total. The third-order valence-corrected chi connectivity index (χ3v) is 2.78. The highest BCUT2D eigenvalue weighted by Crippen LogP contribution is 2.15. The average Bonchev–Trinajstić information content (AvgIpc) is 2.26. The summed E-state index contributed by atoms with van der Waals surface area (Å²) in [5.41, 5.74) is 1.45. The third-order valence-electron chi connectivity index (χ3n) is 2.26. The quantitative estimate of drug-likeness (QED) is 0.839. The summed E-state index contributed by atoms with van der Waals surface area (Å²) < 4.78 is 4.88. The number of ether oxygens (including phenoxy) is 1. The second kappa shape index (κ2) is 6.84. The van der Waals surface area contributed by atoms with E-state index in [1.807, 2.05) is 6.92 Å². The number of hydrogen-bond acceptors (Lipinski definition) is 2. The van der Waals surface area contributed by atoms with Gasteiger partial charge in [0.2, 0.25) is 0 Å². The lowest BCUT2D eigenvalue weighted by atomic mass is 10.1. The van der Waals surface area contributed by atoms with Gasteiger partial charge in [0.05, 0.1) is 12.0 Å². The van der Waals surface area contributed by atoms with Gasteiger partial charge in [-0.25, -0.2) is 0 Å². The van der Waals surface area contributed by atoms with Gasteiger partial charge in [0.25, 0.3) is 5.91 Å². The molecule has 0 fully saturated rings. The zero-order chi connectivity index (χ0) is 12.8. The van der Waals surface area contributed by atoms with Crippen LogP contribution >= 0.6 is 23.2 Å². The van der Waals surface area contributed by atoms with Crippen LogP contribution in [0.15, 0.2) is 18.2 Å². The van der Waals surface area contributed by atoms with Gasteiger partial charge in [0.1, 0.15) is 0 Å². The highest BCUT2D eigenvalue weighted by molar-refractivity contribution is 6.30. The number of amides is 1. The maximum atomic E-state index is 11.8. The van der Waals surface area contributed by atoms with Gasteiger partial charge >= 0.3 is 0 Å². The maximum Gasteiger partial charge on any atom is 0.251 e. The fourth-order valence-electron chi connectivity index (χ4n) is 1.42. The largest absolute Gasteiger partial charge is 0.383 e. The fraction of sp³-hybridized carbons (Fsp3) is 0.417. The predicted octanol–water partition coefficient (Wildman–Crippen LogP) is 2.63. The lowest BCUT2D eigenvalue weighted by molar-refractivity contribution is 0.0948. The zero-order valence-corrected chi connectivity index (χ0v) is 11.3. The second-order valence-corrected chi connectivity index (χ2v) is 4.78. The first-order valence-corrected chi connectivity index (χ1v) is 6.03. The number of rotatable bonds is 5. The molecule has 1 rings (SSSR count). The maximum absolute atomic E-state index is 11.8. The molecule has 17 heavy (non-hydrogen) atoms. The van der Waals surface area contributed by atoms with E-state index < -0.39 is 0 Å². The van der Waals surface area contributed by atoms with E-state index in [1.54, 1.807) is 25.3 Å². The number of alkyl halides is 1. The Balaban J connectivity index is 2.58. The summed E-state index contributed by atoms with van der Waals surface area (Å²) in [6.45, 7) is 2.62. The van der Waals surface area contributed by atoms with Crippen molar-refractivity contribution in [3.63, 3.8) is 0 Å². The predicted molar refractivity (Wildman–Crippen MR) is 70.0 cm³/mol. The Morgan fingerprint density at radius 2 is 2.24 bits per heavy atom. The van der Waals surface area contributed by atoms with Crippen LogP contribution in [0, 0.1) is 6.92 Å². The summed E-state index contributed by atoms with van der Waals surface area (Å²) in [6, 6.07) is 5.15. The van der Waals surface area contributed by atoms with E-state index in [0.717, 1.165) is 5.56 Å². The summed E-state index contributed by atoms with van der Waals surface area (Å²) in [6.07, 6.45) is 0. The molecular formula is C12H15Cl2NO2. The van der Waals surface area contributed by atoms with E-state index in [1.165, 1.54) is 0 Å². The fourth-order valence-corrected chi connectivity index (χ4v) is 1.85. The smallest absolute Gasteiger partial charge is 0.251 e. The molecule has 1 atom stereocenters. The topological polar surface area (TPSA) is 38.3 Å². The standard InChI is InChI=1S/C12H15Cl2NO2/c1-8-5-9(13)3-4-11(8)12(16)15-6-10(14)7-17-2/h3-5,10H,6-7H2,1-2H3,(H,15,16). The monoisotopic (exact) mass is 275 g/mol. The molecule has 1 aromatic rings. The first-order valence-electron chi connectivity index (χ1n) is 5.22. The van der Waals surface area contributed by atoms with Crippen LogP contribution in [-0.2, 0) is 4.74 Å². The molecule has 0 saturated carbocycles. The van der Waals surface area contributed by atoms with Crippen LogP contribution in [-0.4, -0.2) is 31.5 Å². The van der Waals surface area contributed by atoms with Crippen molar-refractivity contribution in [2.45, 2.75) is 12.3 Å². The molecule has 1 amide bonds. The molecule has 0 aliphatic carbocycles.